The molecular weight excluding hydrogens is 235 g/mol. The van der Waals surface area contributed by atoms with Crippen LogP contribution in [0.15, 0.2) is 0 Å². The molecule has 1 aliphatic heterocycles. The predicted octanol–water partition coefficient (Wildman–Crippen LogP) is 1.66. The number of hydrogen-bond donors (Lipinski definition) is 1. The van der Waals surface area contributed by atoms with Crippen LogP contribution < -0.4 is 0 Å². The van der Waals surface area contributed by atoms with Gasteiger partial charge in [-0.25, -0.2) is 0 Å². The highest BCUT2D eigenvalue weighted by molar-refractivity contribution is 4.75. The monoisotopic (exact) mass is 255 g/mol. The first-order valence-electron chi connectivity index (χ1n) is 5.93. The number of nitrogens with zero attached hydrogens (tertiary/aromatic N) is 1. The molecule has 1 fully saturated rings. The molecule has 1 unspecified atom stereocenters. The van der Waals surface area contributed by atoms with Crippen LogP contribution in [0.3, 0.4) is 0 Å². The average molecular weight is 255 g/mol. The standard InChI is InChI=1S/C11H20F3NO2/c1-9(16)10-2-4-15(5-3-10)6-7-17-8-11(12,13)14/h9-10,16H,2-8H2,1H3. The summed E-state index contributed by atoms with van der Waals surface area (Å²) in [5.74, 6) is 0.322. The first-order valence-corrected chi connectivity index (χ1v) is 5.93. The van der Waals surface area contributed by atoms with Gasteiger partial charge in [-0.15, -0.1) is 0 Å². The summed E-state index contributed by atoms with van der Waals surface area (Å²) >= 11 is 0. The van der Waals surface area contributed by atoms with Crippen LogP contribution in [0, 0.1) is 5.92 Å². The molecule has 1 atom stereocenters. The lowest BCUT2D eigenvalue weighted by atomic mass is 9.92. The minimum atomic E-state index is -4.24. The minimum absolute atomic E-state index is 0.110. The van der Waals surface area contributed by atoms with Gasteiger partial charge in [-0.3, -0.25) is 0 Å². The second-order valence-corrected chi connectivity index (χ2v) is 4.59. The fraction of sp³-hybridized carbons (Fsp3) is 1.00. The number of halogens is 3. The van der Waals surface area contributed by atoms with E-state index in [0.717, 1.165) is 25.9 Å². The maximum Gasteiger partial charge on any atom is 0.411 e. The van der Waals surface area contributed by atoms with Gasteiger partial charge in [0.1, 0.15) is 6.61 Å². The van der Waals surface area contributed by atoms with E-state index in [1.807, 2.05) is 0 Å². The van der Waals surface area contributed by atoms with Gasteiger partial charge < -0.3 is 14.7 Å². The summed E-state index contributed by atoms with van der Waals surface area (Å²) in [6.45, 7) is 2.90. The summed E-state index contributed by atoms with van der Waals surface area (Å²) in [5, 5.41) is 9.40. The molecule has 0 radical (unpaired) electrons. The van der Waals surface area contributed by atoms with Crippen LogP contribution in [-0.4, -0.2) is 55.1 Å². The lowest BCUT2D eigenvalue weighted by molar-refractivity contribution is -0.174. The number of likely N-dealkylation sites (tertiary alicyclic amines) is 1. The smallest absolute Gasteiger partial charge is 0.393 e. The summed E-state index contributed by atoms with van der Waals surface area (Å²) in [6.07, 6.45) is -2.73. The molecule has 0 amide bonds. The maximum absolute atomic E-state index is 11.8. The summed E-state index contributed by atoms with van der Waals surface area (Å²) < 4.78 is 39.9. The molecule has 17 heavy (non-hydrogen) atoms. The number of aliphatic hydroxyl groups is 1. The van der Waals surface area contributed by atoms with Crippen molar-refractivity contribution < 1.29 is 23.0 Å². The van der Waals surface area contributed by atoms with Crippen molar-refractivity contribution in [2.24, 2.45) is 5.92 Å². The number of rotatable bonds is 5. The van der Waals surface area contributed by atoms with Crippen molar-refractivity contribution in [1.29, 1.82) is 0 Å². The topological polar surface area (TPSA) is 32.7 Å². The fourth-order valence-electron chi connectivity index (χ4n) is 2.04. The van der Waals surface area contributed by atoms with Crippen molar-refractivity contribution in [2.45, 2.75) is 32.0 Å². The van der Waals surface area contributed by atoms with E-state index in [9.17, 15) is 18.3 Å². The predicted molar refractivity (Wildman–Crippen MR) is 57.7 cm³/mol. The molecule has 0 spiro atoms. The van der Waals surface area contributed by atoms with Gasteiger partial charge >= 0.3 is 6.18 Å². The quantitative estimate of drug-likeness (QED) is 0.758. The second-order valence-electron chi connectivity index (χ2n) is 4.59. The lowest BCUT2D eigenvalue weighted by Crippen LogP contribution is -2.39. The highest BCUT2D eigenvalue weighted by Crippen LogP contribution is 2.20. The molecule has 1 heterocycles. The van der Waals surface area contributed by atoms with Crippen LogP contribution >= 0.6 is 0 Å². The SMILES string of the molecule is CC(O)C1CCN(CCOCC(F)(F)F)CC1. The molecule has 0 bridgehead atoms. The van der Waals surface area contributed by atoms with Gasteiger partial charge in [0, 0.05) is 6.54 Å². The van der Waals surface area contributed by atoms with E-state index in [0.29, 0.717) is 12.5 Å². The van der Waals surface area contributed by atoms with Crippen LogP contribution in [-0.2, 0) is 4.74 Å². The third-order valence-electron chi connectivity index (χ3n) is 3.13. The van der Waals surface area contributed by atoms with E-state index in [2.05, 4.69) is 9.64 Å². The summed E-state index contributed by atoms with van der Waals surface area (Å²) in [6, 6.07) is 0. The number of piperidine rings is 1. The van der Waals surface area contributed by atoms with Crippen LogP contribution in [0.25, 0.3) is 0 Å². The van der Waals surface area contributed by atoms with Crippen molar-refractivity contribution in [1.82, 2.24) is 4.90 Å². The van der Waals surface area contributed by atoms with Crippen LogP contribution in [0.4, 0.5) is 13.2 Å². The lowest BCUT2D eigenvalue weighted by Gasteiger charge is -2.33. The van der Waals surface area contributed by atoms with Gasteiger partial charge in [0.05, 0.1) is 12.7 Å². The molecule has 3 nitrogen and oxygen atoms in total. The van der Waals surface area contributed by atoms with Crippen molar-refractivity contribution in [3.8, 4) is 0 Å². The molecule has 0 aromatic carbocycles. The third-order valence-corrected chi connectivity index (χ3v) is 3.13. The fourth-order valence-corrected chi connectivity index (χ4v) is 2.04. The van der Waals surface area contributed by atoms with E-state index in [-0.39, 0.29) is 12.7 Å². The van der Waals surface area contributed by atoms with E-state index in [1.54, 1.807) is 6.92 Å². The van der Waals surface area contributed by atoms with E-state index in [1.165, 1.54) is 0 Å². The van der Waals surface area contributed by atoms with Crippen molar-refractivity contribution in [2.75, 3.05) is 32.8 Å². The molecule has 0 aromatic rings. The Labute approximate surface area is 99.5 Å². The van der Waals surface area contributed by atoms with Crippen LogP contribution in [0.5, 0.6) is 0 Å². The van der Waals surface area contributed by atoms with Crippen molar-refractivity contribution >= 4 is 0 Å². The normalized spacial score (nSPS) is 21.7. The molecule has 1 aliphatic rings. The van der Waals surface area contributed by atoms with Gasteiger partial charge in [-0.2, -0.15) is 13.2 Å². The average Bonchev–Trinajstić information content (AvgIpc) is 2.24. The van der Waals surface area contributed by atoms with Crippen molar-refractivity contribution in [3.63, 3.8) is 0 Å². The maximum atomic E-state index is 11.8. The minimum Gasteiger partial charge on any atom is -0.393 e. The van der Waals surface area contributed by atoms with Gasteiger partial charge in [-0.05, 0) is 38.8 Å². The zero-order valence-electron chi connectivity index (χ0n) is 10.0. The van der Waals surface area contributed by atoms with Gasteiger partial charge in [0.2, 0.25) is 0 Å². The summed E-state index contributed by atoms with van der Waals surface area (Å²) in [7, 11) is 0. The third kappa shape index (κ3) is 6.24. The largest absolute Gasteiger partial charge is 0.411 e. The van der Waals surface area contributed by atoms with Gasteiger partial charge in [0.25, 0.3) is 0 Å². The molecule has 0 aliphatic carbocycles. The Kier molecular flexibility index (Phi) is 5.69. The molecule has 1 saturated heterocycles. The van der Waals surface area contributed by atoms with E-state index < -0.39 is 12.8 Å². The molecule has 1 N–H and O–H groups in total. The van der Waals surface area contributed by atoms with Gasteiger partial charge in [0.15, 0.2) is 0 Å². The zero-order chi connectivity index (χ0) is 12.9. The molecule has 1 rings (SSSR count). The molecule has 6 heteroatoms. The molecule has 0 saturated carbocycles. The van der Waals surface area contributed by atoms with Crippen LogP contribution in [0.1, 0.15) is 19.8 Å². The van der Waals surface area contributed by atoms with Crippen LogP contribution in [0.2, 0.25) is 0 Å². The molecule has 102 valence electrons. The Morgan fingerprint density at radius 1 is 1.35 bits per heavy atom. The summed E-state index contributed by atoms with van der Waals surface area (Å²) in [4.78, 5) is 2.08. The van der Waals surface area contributed by atoms with E-state index >= 15 is 0 Å². The number of ether oxygens (including phenoxy) is 1. The molecule has 0 aromatic heterocycles. The summed E-state index contributed by atoms with van der Waals surface area (Å²) in [5.41, 5.74) is 0. The Balaban J connectivity index is 2.07. The molecular formula is C11H20F3NO2. The first kappa shape index (κ1) is 14.7. The number of aliphatic hydroxyl groups excluding tert-OH is 1. The zero-order valence-corrected chi connectivity index (χ0v) is 10.0. The second kappa shape index (κ2) is 6.56. The highest BCUT2D eigenvalue weighted by atomic mass is 19.4. The Morgan fingerprint density at radius 3 is 2.41 bits per heavy atom. The number of alkyl halides is 3. The number of hydrogen-bond acceptors (Lipinski definition) is 3. The Hall–Kier alpha value is -0.330. The Morgan fingerprint density at radius 2 is 1.94 bits per heavy atom. The first-order chi connectivity index (χ1) is 7.88. The van der Waals surface area contributed by atoms with Gasteiger partial charge in [-0.1, -0.05) is 0 Å². The highest BCUT2D eigenvalue weighted by Gasteiger charge is 2.27. The van der Waals surface area contributed by atoms with Crippen molar-refractivity contribution in [3.05, 3.63) is 0 Å². The van der Waals surface area contributed by atoms with E-state index in [4.69, 9.17) is 0 Å². The Bertz CT molecular complexity index is 213.